The molecule has 0 aliphatic rings. The molecule has 0 saturated heterocycles. The summed E-state index contributed by atoms with van der Waals surface area (Å²) in [5, 5.41) is 8.22. The molecule has 0 bridgehead atoms. The van der Waals surface area contributed by atoms with E-state index in [1.165, 1.54) is 0 Å². The lowest BCUT2D eigenvalue weighted by atomic mass is 10.9. The lowest BCUT2D eigenvalue weighted by molar-refractivity contribution is 0.320. The third-order valence-corrected chi connectivity index (χ3v) is 1.75. The Morgan fingerprint density at radius 2 is 1.88 bits per heavy atom. The molecule has 0 aliphatic carbocycles. The highest BCUT2D eigenvalue weighted by Crippen LogP contribution is 1.89. The van der Waals surface area contributed by atoms with Gasteiger partial charge in [0.15, 0.2) is 0 Å². The van der Waals surface area contributed by atoms with E-state index in [-0.39, 0.29) is 14.0 Å². The van der Waals surface area contributed by atoms with Crippen LogP contribution in [0.25, 0.3) is 0 Å². The van der Waals surface area contributed by atoms with Crippen molar-refractivity contribution in [3.63, 3.8) is 0 Å². The second-order valence-electron chi connectivity index (χ2n) is 1.86. The van der Waals surface area contributed by atoms with Gasteiger partial charge in [-0.15, -0.1) is 4.21 Å². The van der Waals surface area contributed by atoms with Gasteiger partial charge in [0, 0.05) is 0 Å². The van der Waals surface area contributed by atoms with Gasteiger partial charge in [0.1, 0.15) is 18.3 Å². The normalized spacial score (nSPS) is 10.4. The molecule has 0 aromatic heterocycles. The fourth-order valence-corrected chi connectivity index (χ4v) is 0.660. The quantitative estimate of drug-likeness (QED) is 0.561. The Morgan fingerprint density at radius 3 is 1.88 bits per heavy atom. The third kappa shape index (κ3) is 9.44. The maximum Gasteiger partial charge on any atom is 0.134 e. The predicted molar refractivity (Wildman–Crippen MR) is 38.6 cm³/mol. The highest BCUT2D eigenvalue weighted by Gasteiger charge is 2.08. The van der Waals surface area contributed by atoms with E-state index >= 15 is 0 Å². The molecule has 0 radical (unpaired) electrons. The van der Waals surface area contributed by atoms with Crippen molar-refractivity contribution in [2.45, 2.75) is 7.43 Å². The van der Waals surface area contributed by atoms with Crippen LogP contribution in [0.5, 0.6) is 0 Å². The first-order chi connectivity index (χ1) is 3.06. The van der Waals surface area contributed by atoms with Crippen molar-refractivity contribution < 1.29 is 9.32 Å². The molecule has 0 aromatic rings. The molecule has 0 aromatic carbocycles. The summed E-state index contributed by atoms with van der Waals surface area (Å²) < 4.78 is 10.6. The highest BCUT2D eigenvalue weighted by molar-refractivity contribution is 8.01. The Labute approximate surface area is 52.3 Å². The van der Waals surface area contributed by atoms with E-state index in [0.29, 0.717) is 5.75 Å². The summed E-state index contributed by atoms with van der Waals surface area (Å²) in [7, 11) is -1.67. The molecule has 8 heavy (non-hydrogen) atoms. The van der Waals surface area contributed by atoms with Crippen LogP contribution < -0.4 is 0 Å². The first-order valence-electron chi connectivity index (χ1n) is 2.09. The van der Waals surface area contributed by atoms with E-state index in [4.69, 9.17) is 5.11 Å². The van der Waals surface area contributed by atoms with Crippen LogP contribution in [0.1, 0.15) is 7.43 Å². The second-order valence-corrected chi connectivity index (χ2v) is 5.15. The van der Waals surface area contributed by atoms with E-state index in [1.807, 2.05) is 0 Å². The van der Waals surface area contributed by atoms with Gasteiger partial charge in [-0.3, -0.25) is 0 Å². The summed E-state index contributed by atoms with van der Waals surface area (Å²) in [6.07, 6.45) is 3.28. The number of aliphatic hydroxyl groups excluding tert-OH is 1. The monoisotopic (exact) mass is 139 g/mol. The molecule has 0 heterocycles. The minimum absolute atomic E-state index is 0. The van der Waals surface area contributed by atoms with Crippen molar-refractivity contribution >= 4 is 9.93 Å². The van der Waals surface area contributed by atoms with Gasteiger partial charge < -0.3 is 5.11 Å². The van der Waals surface area contributed by atoms with Crippen LogP contribution in [0.4, 0.5) is 0 Å². The number of hydrogen-bond acceptors (Lipinski definition) is 2. The predicted octanol–water partition coefficient (Wildman–Crippen LogP) is 0.374. The van der Waals surface area contributed by atoms with Crippen LogP contribution in [0, 0.1) is 0 Å². The van der Waals surface area contributed by atoms with Crippen molar-refractivity contribution in [1.82, 2.24) is 0 Å². The minimum atomic E-state index is -1.67. The average Bonchev–Trinajstić information content (AvgIpc) is 1.30. The van der Waals surface area contributed by atoms with Crippen molar-refractivity contribution in [2.24, 2.45) is 0 Å². The Balaban J connectivity index is 0. The molecule has 0 amide bonds. The SMILES string of the molecule is C.C[S+](C)(=O)CCO. The van der Waals surface area contributed by atoms with Gasteiger partial charge in [0.05, 0.1) is 16.5 Å². The molecular weight excluding hydrogens is 124 g/mol. The van der Waals surface area contributed by atoms with Crippen molar-refractivity contribution in [2.75, 3.05) is 24.9 Å². The molecule has 0 fully saturated rings. The zero-order valence-electron chi connectivity index (χ0n) is 4.68. The van der Waals surface area contributed by atoms with E-state index in [0.717, 1.165) is 0 Å². The number of aliphatic hydroxyl groups is 1. The highest BCUT2D eigenvalue weighted by atomic mass is 32.2. The van der Waals surface area contributed by atoms with E-state index in [2.05, 4.69) is 0 Å². The first-order valence-corrected chi connectivity index (χ1v) is 4.63. The molecule has 0 unspecified atom stereocenters. The summed E-state index contributed by atoms with van der Waals surface area (Å²) in [4.78, 5) is 0. The van der Waals surface area contributed by atoms with Gasteiger partial charge in [0.2, 0.25) is 0 Å². The lowest BCUT2D eigenvalue weighted by Gasteiger charge is -1.93. The molecule has 0 atom stereocenters. The van der Waals surface area contributed by atoms with Crippen molar-refractivity contribution in [3.05, 3.63) is 0 Å². The van der Waals surface area contributed by atoms with Gasteiger partial charge >= 0.3 is 0 Å². The van der Waals surface area contributed by atoms with Crippen LogP contribution in [0.2, 0.25) is 0 Å². The smallest absolute Gasteiger partial charge is 0.134 e. The van der Waals surface area contributed by atoms with Crippen LogP contribution in [-0.2, 0) is 14.1 Å². The molecule has 3 heteroatoms. The third-order valence-electron chi connectivity index (χ3n) is 0.583. The summed E-state index contributed by atoms with van der Waals surface area (Å²) in [6, 6.07) is 0. The van der Waals surface area contributed by atoms with Gasteiger partial charge in [-0.05, 0) is 0 Å². The van der Waals surface area contributed by atoms with Crippen molar-refractivity contribution in [1.29, 1.82) is 0 Å². The van der Waals surface area contributed by atoms with E-state index in [9.17, 15) is 4.21 Å². The molecule has 2 nitrogen and oxygen atoms in total. The van der Waals surface area contributed by atoms with Gasteiger partial charge in [-0.25, -0.2) is 0 Å². The molecule has 1 N–H and O–H groups in total. The summed E-state index contributed by atoms with van der Waals surface area (Å²) in [5.41, 5.74) is 0. The average molecular weight is 139 g/mol. The lowest BCUT2D eigenvalue weighted by Crippen LogP contribution is -2.13. The summed E-state index contributed by atoms with van der Waals surface area (Å²) >= 11 is 0. The van der Waals surface area contributed by atoms with Crippen LogP contribution in [0.15, 0.2) is 0 Å². The van der Waals surface area contributed by atoms with Crippen molar-refractivity contribution in [3.8, 4) is 0 Å². The summed E-state index contributed by atoms with van der Waals surface area (Å²) in [6.45, 7) is 0.0336. The summed E-state index contributed by atoms with van der Waals surface area (Å²) in [5.74, 6) is 0.424. The van der Waals surface area contributed by atoms with Crippen LogP contribution in [-0.4, -0.2) is 30.0 Å². The molecule has 0 aliphatic heterocycles. The van der Waals surface area contributed by atoms with E-state index < -0.39 is 9.93 Å². The first kappa shape index (κ1) is 11.0. The Kier molecular flexibility index (Phi) is 5.54. The fourth-order valence-electron chi connectivity index (χ4n) is 0.220. The van der Waals surface area contributed by atoms with Gasteiger partial charge in [-0.2, -0.15) is 0 Å². The second kappa shape index (κ2) is 4.04. The van der Waals surface area contributed by atoms with E-state index in [1.54, 1.807) is 12.5 Å². The number of rotatable bonds is 2. The van der Waals surface area contributed by atoms with Gasteiger partial charge in [-0.1, -0.05) is 7.43 Å². The molecule has 0 spiro atoms. The Hall–Kier alpha value is 0.110. The Morgan fingerprint density at radius 1 is 1.50 bits per heavy atom. The molecule has 0 rings (SSSR count). The zero-order chi connectivity index (χ0) is 5.91. The maximum absolute atomic E-state index is 10.6. The number of hydrogen-bond donors (Lipinski definition) is 1. The minimum Gasteiger partial charge on any atom is -0.392 e. The molecule has 52 valence electrons. The fraction of sp³-hybridized carbons (Fsp3) is 1.00. The molecule has 0 saturated carbocycles. The standard InChI is InChI=1S/C4H11O2S.CH4/c1-7(2,6)4-3-5;/h5H,3-4H2,1-2H3;1H4/q+1;. The van der Waals surface area contributed by atoms with Crippen LogP contribution in [0.3, 0.4) is 0 Å². The van der Waals surface area contributed by atoms with Crippen LogP contribution >= 0.6 is 0 Å². The largest absolute Gasteiger partial charge is 0.392 e. The maximum atomic E-state index is 10.6. The topological polar surface area (TPSA) is 37.3 Å². The van der Waals surface area contributed by atoms with Gasteiger partial charge in [0.25, 0.3) is 0 Å². The zero-order valence-corrected chi connectivity index (χ0v) is 5.49. The Bertz CT molecular complexity index is 84.4. The molecular formula is C5H15O2S+.